The second-order valence-corrected chi connectivity index (χ2v) is 21.9. The average molecular weight is 989 g/mol. The molecule has 1 aliphatic rings. The highest BCUT2D eigenvalue weighted by atomic mass is 32.2. The van der Waals surface area contributed by atoms with Gasteiger partial charge in [-0.05, 0) is 100 Å². The van der Waals surface area contributed by atoms with Gasteiger partial charge in [-0.3, -0.25) is 14.4 Å². The Morgan fingerprint density at radius 1 is 0.522 bits per heavy atom. The number of allylic oxidation sites excluding steroid dienone is 3. The quantitative estimate of drug-likeness (QED) is 0.0404. The fraction of sp³-hybridized carbons (Fsp3) is 0.446. The monoisotopic (exact) mass is 988 g/mol. The summed E-state index contributed by atoms with van der Waals surface area (Å²) < 4.78 is 22.3. The van der Waals surface area contributed by atoms with Crippen molar-refractivity contribution >= 4 is 64.1 Å². The van der Waals surface area contributed by atoms with Crippen molar-refractivity contribution in [2.24, 2.45) is 17.8 Å². The molecule has 7 nitrogen and oxygen atoms in total. The lowest BCUT2D eigenvalue weighted by atomic mass is 10.1. The van der Waals surface area contributed by atoms with Crippen LogP contribution >= 0.6 is 47.0 Å². The molecule has 0 radical (unpaired) electrons. The Labute approximate surface area is 420 Å². The van der Waals surface area contributed by atoms with Crippen LogP contribution in [0.1, 0.15) is 94.9 Å². The smallest absolute Gasteiger partial charge is 0.311 e. The topological polar surface area (TPSA) is 88.1 Å². The first-order valence-corrected chi connectivity index (χ1v) is 27.2. The van der Waals surface area contributed by atoms with Crippen LogP contribution in [-0.2, 0) is 28.6 Å². The summed E-state index contributed by atoms with van der Waals surface area (Å²) in [6.45, 7) is 21.1. The summed E-state index contributed by atoms with van der Waals surface area (Å²) in [6, 6.07) is 39.4. The molecule has 366 valence electrons. The zero-order chi connectivity index (χ0) is 49.2. The van der Waals surface area contributed by atoms with Crippen molar-refractivity contribution in [1.29, 1.82) is 0 Å². The molecular weight excluding hydrogens is 913 g/mol. The van der Waals surface area contributed by atoms with Crippen molar-refractivity contribution in [3.8, 4) is 5.75 Å². The number of ether oxygens (including phenoxy) is 4. The molecule has 0 fully saturated rings. The Kier molecular flexibility index (Phi) is 32.2. The molecule has 0 amide bonds. The zero-order valence-corrected chi connectivity index (χ0v) is 44.7. The van der Waals surface area contributed by atoms with Gasteiger partial charge in [-0.15, -0.1) is 35.3 Å². The zero-order valence-electron chi connectivity index (χ0n) is 41.5. The molecule has 11 heteroatoms. The molecule has 4 aromatic carbocycles. The maximum Gasteiger partial charge on any atom is 0.311 e. The summed E-state index contributed by atoms with van der Waals surface area (Å²) in [5.74, 6) is 3.97. The molecule has 0 saturated heterocycles. The molecule has 4 aromatic rings. The van der Waals surface area contributed by atoms with Gasteiger partial charge in [-0.2, -0.15) is 0 Å². The van der Waals surface area contributed by atoms with Crippen LogP contribution in [0.3, 0.4) is 0 Å². The molecule has 0 heterocycles. The van der Waals surface area contributed by atoms with E-state index in [1.165, 1.54) is 26.5 Å². The summed E-state index contributed by atoms with van der Waals surface area (Å²) in [6.07, 6.45) is 9.89. The summed E-state index contributed by atoms with van der Waals surface area (Å²) in [5, 5.41) is 0.251. The normalized spacial score (nSPS) is 12.2. The van der Waals surface area contributed by atoms with Crippen molar-refractivity contribution in [2.45, 2.75) is 134 Å². The molecule has 0 spiro atoms. The summed E-state index contributed by atoms with van der Waals surface area (Å²) >= 11 is 6.66. The highest BCUT2D eigenvalue weighted by Crippen LogP contribution is 2.26. The van der Waals surface area contributed by atoms with Crippen LogP contribution in [0.15, 0.2) is 159 Å². The van der Waals surface area contributed by atoms with Gasteiger partial charge in [-0.25, -0.2) is 0 Å². The maximum absolute atomic E-state index is 12.0. The van der Waals surface area contributed by atoms with Gasteiger partial charge in [-0.1, -0.05) is 144 Å². The molecule has 1 unspecified atom stereocenters. The SMILES string of the molecule is CC(C)CC(=O)OC(CSc1ccccc1)CSc1ccccc1.CC(C)CC(=O)Oc1ccccc1.CC(C)CC(=O)Sc1ccccc1.CC(C)OCC(CSC1=CCC=C1)OC(C)C. The maximum atomic E-state index is 12.0. The van der Waals surface area contributed by atoms with Crippen LogP contribution in [0, 0.1) is 17.8 Å². The predicted molar refractivity (Wildman–Crippen MR) is 287 cm³/mol. The van der Waals surface area contributed by atoms with Gasteiger partial charge in [0.15, 0.2) is 5.12 Å². The molecule has 5 rings (SSSR count). The molecule has 1 atom stereocenters. The Balaban J connectivity index is 0.000000318. The summed E-state index contributed by atoms with van der Waals surface area (Å²) in [4.78, 5) is 39.4. The first kappa shape index (κ1) is 59.4. The van der Waals surface area contributed by atoms with Gasteiger partial charge >= 0.3 is 11.9 Å². The Morgan fingerprint density at radius 2 is 0.985 bits per heavy atom. The van der Waals surface area contributed by atoms with E-state index in [1.54, 1.807) is 35.7 Å². The molecular formula is C56H76O7S4. The number of carbonyl (C=O) groups is 3. The standard InChI is InChI=1S/C20H24O2S2.C14H24O2S.C11H14O2.C11H14OS/c1-16(2)13-20(21)22-17(14-23-18-9-5-3-6-10-18)15-24-19-11-7-4-8-12-19;1-11(2)15-9-13(16-12(3)4)10-17-14-7-5-6-8-14;2*1-9(2)8-11(12)13-10-6-4-3-5-7-10/h3-12,16-17H,13-15H2,1-2H3;5,7-8,11-13H,6,9-10H2,1-4H3;2*3-7,9H,8H2,1-2H3. The molecule has 0 bridgehead atoms. The minimum Gasteiger partial charge on any atom is -0.461 e. The van der Waals surface area contributed by atoms with E-state index in [0.29, 0.717) is 49.4 Å². The third-order valence-electron chi connectivity index (χ3n) is 8.58. The molecule has 67 heavy (non-hydrogen) atoms. The number of esters is 2. The van der Waals surface area contributed by atoms with E-state index in [-0.39, 0.29) is 41.5 Å². The van der Waals surface area contributed by atoms with E-state index >= 15 is 0 Å². The number of rotatable bonds is 23. The second-order valence-electron chi connectivity index (χ2n) is 17.5. The van der Waals surface area contributed by atoms with E-state index in [9.17, 15) is 14.4 Å². The van der Waals surface area contributed by atoms with Crippen LogP contribution in [-0.4, -0.2) is 65.3 Å². The molecule has 1 aliphatic carbocycles. The summed E-state index contributed by atoms with van der Waals surface area (Å²) in [5.41, 5.74) is 0. The van der Waals surface area contributed by atoms with Crippen molar-refractivity contribution < 1.29 is 33.3 Å². The lowest BCUT2D eigenvalue weighted by Gasteiger charge is -2.21. The van der Waals surface area contributed by atoms with Crippen LogP contribution in [0.5, 0.6) is 5.75 Å². The van der Waals surface area contributed by atoms with Gasteiger partial charge in [0.05, 0.1) is 24.9 Å². The number of hydrogen-bond donors (Lipinski definition) is 0. The van der Waals surface area contributed by atoms with Gasteiger partial charge in [0, 0.05) is 56.1 Å². The number of carbonyl (C=O) groups excluding carboxylic acids is 3. The predicted octanol–water partition coefficient (Wildman–Crippen LogP) is 15.3. The van der Waals surface area contributed by atoms with Gasteiger partial charge < -0.3 is 18.9 Å². The largest absolute Gasteiger partial charge is 0.461 e. The first-order valence-electron chi connectivity index (χ1n) is 23.4. The van der Waals surface area contributed by atoms with E-state index in [1.807, 2.05) is 124 Å². The molecule has 0 aliphatic heterocycles. The van der Waals surface area contributed by atoms with Gasteiger partial charge in [0.2, 0.25) is 0 Å². The van der Waals surface area contributed by atoms with Crippen molar-refractivity contribution in [1.82, 2.24) is 0 Å². The Bertz CT molecular complexity index is 1850. The fourth-order valence-corrected chi connectivity index (χ4v) is 9.54. The molecule has 0 N–H and O–H groups in total. The van der Waals surface area contributed by atoms with Crippen LogP contribution < -0.4 is 4.74 Å². The lowest BCUT2D eigenvalue weighted by Crippen LogP contribution is -2.27. The number of hydrogen-bond acceptors (Lipinski definition) is 11. The van der Waals surface area contributed by atoms with Crippen molar-refractivity contribution in [3.05, 3.63) is 144 Å². The highest BCUT2D eigenvalue weighted by molar-refractivity contribution is 8.13. The van der Waals surface area contributed by atoms with Crippen molar-refractivity contribution in [3.63, 3.8) is 0 Å². The number of benzene rings is 4. The van der Waals surface area contributed by atoms with E-state index < -0.39 is 0 Å². The minimum atomic E-state index is -0.166. The first-order chi connectivity index (χ1) is 32.1. The van der Waals surface area contributed by atoms with Crippen LogP contribution in [0.2, 0.25) is 0 Å². The van der Waals surface area contributed by atoms with E-state index in [2.05, 4.69) is 84.0 Å². The van der Waals surface area contributed by atoms with E-state index in [0.717, 1.165) is 28.6 Å². The third-order valence-corrected chi connectivity index (χ3v) is 12.9. The summed E-state index contributed by atoms with van der Waals surface area (Å²) in [7, 11) is 0. The number of thioether (sulfide) groups is 4. The Morgan fingerprint density at radius 3 is 1.43 bits per heavy atom. The minimum absolute atomic E-state index is 0.0911. The second kappa shape index (κ2) is 36.3. The highest BCUT2D eigenvalue weighted by Gasteiger charge is 2.17. The average Bonchev–Trinajstić information content (AvgIpc) is 3.81. The van der Waals surface area contributed by atoms with Gasteiger partial charge in [0.1, 0.15) is 11.9 Å². The Hall–Kier alpha value is -3.71. The van der Waals surface area contributed by atoms with E-state index in [4.69, 9.17) is 18.9 Å². The lowest BCUT2D eigenvalue weighted by molar-refractivity contribution is -0.147. The number of para-hydroxylation sites is 1. The van der Waals surface area contributed by atoms with Crippen LogP contribution in [0.25, 0.3) is 0 Å². The van der Waals surface area contributed by atoms with Crippen LogP contribution in [0.4, 0.5) is 0 Å². The molecule has 0 aromatic heterocycles. The molecule has 0 saturated carbocycles. The van der Waals surface area contributed by atoms with Crippen molar-refractivity contribution in [2.75, 3.05) is 23.9 Å². The van der Waals surface area contributed by atoms with Gasteiger partial charge in [0.25, 0.3) is 0 Å². The third kappa shape index (κ3) is 32.6. The fourth-order valence-electron chi connectivity index (χ4n) is 5.63.